The molecule has 0 spiro atoms. The molecule has 180 valence electrons. The van der Waals surface area contributed by atoms with Gasteiger partial charge in [0.15, 0.2) is 0 Å². The molecule has 0 saturated carbocycles. The van der Waals surface area contributed by atoms with Crippen LogP contribution in [-0.2, 0) is 10.0 Å². The first-order chi connectivity index (χ1) is 16.4. The van der Waals surface area contributed by atoms with Crippen molar-refractivity contribution in [2.45, 2.75) is 50.1 Å². The summed E-state index contributed by atoms with van der Waals surface area (Å²) in [6.45, 7) is 6.27. The van der Waals surface area contributed by atoms with Gasteiger partial charge in [0.2, 0.25) is 10.0 Å². The van der Waals surface area contributed by atoms with Crippen LogP contribution < -0.4 is 9.46 Å². The van der Waals surface area contributed by atoms with E-state index in [-0.39, 0.29) is 12.1 Å². The van der Waals surface area contributed by atoms with Gasteiger partial charge in [0, 0.05) is 24.2 Å². The lowest BCUT2D eigenvalue weighted by molar-refractivity contribution is -0.0128. The average Bonchev–Trinajstić information content (AvgIpc) is 2.87. The molecule has 3 fully saturated rings. The zero-order chi connectivity index (χ0) is 23.9. The molecule has 0 radical (unpaired) electrons. The summed E-state index contributed by atoms with van der Waals surface area (Å²) in [4.78, 5) is 7.33. The molecule has 3 aromatic rings. The second kappa shape index (κ2) is 9.29. The number of pyridine rings is 1. The Morgan fingerprint density at radius 1 is 1.18 bits per heavy atom. The molecule has 1 aromatic heterocycles. The van der Waals surface area contributed by atoms with E-state index in [2.05, 4.69) is 21.5 Å². The van der Waals surface area contributed by atoms with E-state index in [0.29, 0.717) is 16.7 Å². The zero-order valence-electron chi connectivity index (χ0n) is 20.1. The van der Waals surface area contributed by atoms with Gasteiger partial charge in [0.25, 0.3) is 0 Å². The highest BCUT2D eigenvalue weighted by Crippen LogP contribution is 2.43. The van der Waals surface area contributed by atoms with Crippen molar-refractivity contribution >= 4 is 20.9 Å². The SMILES string of the molecule is CC[C@H]1CN2CC[C@H]1C[C@H]2[C@@H](NS(=O)(=O)c1ccc(C)cc1)c1ccnc2ccc(OC)cc12. The van der Waals surface area contributed by atoms with Gasteiger partial charge in [0.1, 0.15) is 5.75 Å². The number of hydrogen-bond acceptors (Lipinski definition) is 5. The number of aryl methyl sites for hydroxylation is 1. The van der Waals surface area contributed by atoms with E-state index in [1.54, 1.807) is 25.4 Å². The second-order valence-corrected chi connectivity index (χ2v) is 11.4. The van der Waals surface area contributed by atoms with Crippen LogP contribution in [0, 0.1) is 18.8 Å². The fraction of sp³-hybridized carbons (Fsp3) is 0.444. The maximum Gasteiger partial charge on any atom is 0.241 e. The first kappa shape index (κ1) is 23.3. The third kappa shape index (κ3) is 4.32. The smallest absolute Gasteiger partial charge is 0.241 e. The monoisotopic (exact) mass is 479 g/mol. The summed E-state index contributed by atoms with van der Waals surface area (Å²) in [5, 5.41) is 0.924. The third-order valence-corrected chi connectivity index (χ3v) is 9.23. The highest BCUT2D eigenvalue weighted by molar-refractivity contribution is 7.89. The Morgan fingerprint density at radius 3 is 2.65 bits per heavy atom. The molecular formula is C27H33N3O3S. The first-order valence-corrected chi connectivity index (χ1v) is 13.6. The number of nitrogens with one attached hydrogen (secondary N) is 1. The van der Waals surface area contributed by atoms with Crippen molar-refractivity contribution in [3.63, 3.8) is 0 Å². The minimum atomic E-state index is -3.72. The van der Waals surface area contributed by atoms with E-state index in [1.807, 2.05) is 43.3 Å². The van der Waals surface area contributed by atoms with E-state index in [0.717, 1.165) is 47.3 Å². The number of piperidine rings is 3. The molecule has 2 bridgehead atoms. The average molecular weight is 480 g/mol. The molecule has 1 unspecified atom stereocenters. The highest BCUT2D eigenvalue weighted by Gasteiger charge is 2.44. The largest absolute Gasteiger partial charge is 0.497 e. The Hall–Kier alpha value is -2.48. The van der Waals surface area contributed by atoms with Crippen LogP contribution in [0.4, 0.5) is 0 Å². The van der Waals surface area contributed by atoms with Gasteiger partial charge in [-0.3, -0.25) is 9.88 Å². The number of hydrogen-bond donors (Lipinski definition) is 1. The molecule has 5 atom stereocenters. The van der Waals surface area contributed by atoms with Crippen molar-refractivity contribution in [3.05, 3.63) is 65.9 Å². The molecule has 3 aliphatic heterocycles. The van der Waals surface area contributed by atoms with Crippen molar-refractivity contribution in [2.75, 3.05) is 20.2 Å². The molecule has 6 nitrogen and oxygen atoms in total. The maximum absolute atomic E-state index is 13.6. The van der Waals surface area contributed by atoms with Gasteiger partial charge in [-0.05, 0) is 80.1 Å². The number of aromatic nitrogens is 1. The van der Waals surface area contributed by atoms with E-state index >= 15 is 0 Å². The molecule has 0 amide bonds. The lowest BCUT2D eigenvalue weighted by Gasteiger charge is -2.52. The minimum absolute atomic E-state index is 0.0959. The summed E-state index contributed by atoms with van der Waals surface area (Å²) in [5.74, 6) is 2.06. The predicted molar refractivity (Wildman–Crippen MR) is 134 cm³/mol. The Kier molecular flexibility index (Phi) is 6.35. The quantitative estimate of drug-likeness (QED) is 0.532. The number of benzene rings is 2. The lowest BCUT2D eigenvalue weighted by Crippen LogP contribution is -2.57. The first-order valence-electron chi connectivity index (χ1n) is 12.2. The normalized spacial score (nSPS) is 25.4. The molecule has 4 heterocycles. The number of ether oxygens (including phenoxy) is 1. The van der Waals surface area contributed by atoms with Gasteiger partial charge in [-0.1, -0.05) is 31.0 Å². The molecule has 6 rings (SSSR count). The molecule has 1 N–H and O–H groups in total. The third-order valence-electron chi connectivity index (χ3n) is 7.78. The van der Waals surface area contributed by atoms with Crippen LogP contribution in [0.5, 0.6) is 5.75 Å². The fourth-order valence-electron chi connectivity index (χ4n) is 5.84. The van der Waals surface area contributed by atoms with Crippen molar-refractivity contribution in [1.29, 1.82) is 0 Å². The summed E-state index contributed by atoms with van der Waals surface area (Å²) in [6, 6.07) is 14.5. The molecule has 3 saturated heterocycles. The Morgan fingerprint density at radius 2 is 1.97 bits per heavy atom. The molecular weight excluding hydrogens is 446 g/mol. The van der Waals surface area contributed by atoms with Crippen molar-refractivity contribution in [1.82, 2.24) is 14.6 Å². The van der Waals surface area contributed by atoms with Crippen LogP contribution in [0.3, 0.4) is 0 Å². The number of rotatable bonds is 7. The van der Waals surface area contributed by atoms with Gasteiger partial charge < -0.3 is 4.74 Å². The zero-order valence-corrected chi connectivity index (χ0v) is 20.9. The van der Waals surface area contributed by atoms with Gasteiger partial charge in [-0.2, -0.15) is 0 Å². The van der Waals surface area contributed by atoms with E-state index in [4.69, 9.17) is 4.74 Å². The van der Waals surface area contributed by atoms with Gasteiger partial charge in [0.05, 0.1) is 23.6 Å². The van der Waals surface area contributed by atoms with Crippen molar-refractivity contribution in [2.24, 2.45) is 11.8 Å². The summed E-state index contributed by atoms with van der Waals surface area (Å²) in [7, 11) is -2.08. The van der Waals surface area contributed by atoms with Crippen LogP contribution in [0.25, 0.3) is 10.9 Å². The molecule has 0 aliphatic carbocycles. The van der Waals surface area contributed by atoms with Crippen molar-refractivity contribution < 1.29 is 13.2 Å². The molecule has 7 heteroatoms. The second-order valence-electron chi connectivity index (χ2n) is 9.71. The predicted octanol–water partition coefficient (Wildman–Crippen LogP) is 4.69. The summed E-state index contributed by atoms with van der Waals surface area (Å²) in [6.07, 6.45) is 5.14. The van der Waals surface area contributed by atoms with Crippen molar-refractivity contribution in [3.8, 4) is 5.75 Å². The van der Waals surface area contributed by atoms with E-state index < -0.39 is 10.0 Å². The summed E-state index contributed by atoms with van der Waals surface area (Å²) < 4.78 is 35.8. The number of sulfonamides is 1. The Bertz CT molecular complexity index is 1280. The standard InChI is InChI=1S/C27H33N3O3S/c1-4-19-17-30-14-12-20(19)15-26(30)27(29-34(31,32)22-8-5-18(2)6-9-22)23-11-13-28-25-10-7-21(33-3)16-24(23)25/h5-11,13,16,19-20,26-27,29H,4,12,14-15,17H2,1-3H3/t19-,20-,26-,27-/m0/s1. The van der Waals surface area contributed by atoms with Crippen LogP contribution in [0.15, 0.2) is 59.6 Å². The molecule has 34 heavy (non-hydrogen) atoms. The highest BCUT2D eigenvalue weighted by atomic mass is 32.2. The Balaban J connectivity index is 1.60. The maximum atomic E-state index is 13.6. The van der Waals surface area contributed by atoms with Gasteiger partial charge in [-0.25, -0.2) is 13.1 Å². The molecule has 2 aromatic carbocycles. The lowest BCUT2D eigenvalue weighted by atomic mass is 9.72. The number of nitrogens with zero attached hydrogens (tertiary/aromatic N) is 2. The van der Waals surface area contributed by atoms with Crippen LogP contribution >= 0.6 is 0 Å². The van der Waals surface area contributed by atoms with Gasteiger partial charge >= 0.3 is 0 Å². The fourth-order valence-corrected chi connectivity index (χ4v) is 7.08. The summed E-state index contributed by atoms with van der Waals surface area (Å²) >= 11 is 0. The van der Waals surface area contributed by atoms with Crippen LogP contribution in [0.2, 0.25) is 0 Å². The van der Waals surface area contributed by atoms with E-state index in [9.17, 15) is 8.42 Å². The molecule has 3 aliphatic rings. The van der Waals surface area contributed by atoms with Crippen LogP contribution in [0.1, 0.15) is 43.4 Å². The number of methoxy groups -OCH3 is 1. The Labute approximate surface area is 202 Å². The minimum Gasteiger partial charge on any atom is -0.497 e. The topological polar surface area (TPSA) is 71.5 Å². The van der Waals surface area contributed by atoms with E-state index in [1.165, 1.54) is 12.8 Å². The van der Waals surface area contributed by atoms with Gasteiger partial charge in [-0.15, -0.1) is 0 Å². The summed E-state index contributed by atoms with van der Waals surface area (Å²) in [5.41, 5.74) is 2.81. The number of fused-ring (bicyclic) bond motifs is 4. The van der Waals surface area contributed by atoms with Crippen LogP contribution in [-0.4, -0.2) is 44.5 Å².